The van der Waals surface area contributed by atoms with Gasteiger partial charge < -0.3 is 20.1 Å². The van der Waals surface area contributed by atoms with Gasteiger partial charge in [0.1, 0.15) is 5.82 Å². The molecule has 38 heavy (non-hydrogen) atoms. The summed E-state index contributed by atoms with van der Waals surface area (Å²) in [5, 5.41) is 9.51. The van der Waals surface area contributed by atoms with Crippen molar-refractivity contribution in [3.63, 3.8) is 0 Å². The van der Waals surface area contributed by atoms with Gasteiger partial charge in [-0.25, -0.2) is 9.82 Å². The van der Waals surface area contributed by atoms with Gasteiger partial charge in [0.05, 0.1) is 18.5 Å². The Labute approximate surface area is 224 Å². The van der Waals surface area contributed by atoms with Crippen molar-refractivity contribution in [2.75, 3.05) is 23.8 Å². The van der Waals surface area contributed by atoms with Gasteiger partial charge in [0.25, 0.3) is 5.91 Å². The molecule has 0 atom stereocenters. The van der Waals surface area contributed by atoms with Crippen molar-refractivity contribution >= 4 is 46.9 Å². The number of anilines is 2. The number of nitrogens with one attached hydrogen (secondary N) is 3. The zero-order chi connectivity index (χ0) is 27.3. The summed E-state index contributed by atoms with van der Waals surface area (Å²) in [6.45, 7) is 1.77. The number of ether oxygens (including phenoxy) is 2. The van der Waals surface area contributed by atoms with Gasteiger partial charge in [-0.1, -0.05) is 29.8 Å². The summed E-state index contributed by atoms with van der Waals surface area (Å²) in [5.41, 5.74) is 3.56. The second kappa shape index (κ2) is 14.3. The molecule has 0 radical (unpaired) electrons. The standard InChI is InChI=1S/C27H26ClFN4O5/c1-2-37-24-14-18(10-11-23(24)38-17-27(36)32-22-9-4-3-8-21(22)29)16-30-33-26(35)13-12-25(34)31-20-7-5-6-19(28)15-20/h3-11,14-16H,2,12-13,17H2,1H3,(H,31,34)(H,32,36)(H,33,35). The smallest absolute Gasteiger partial charge is 0.262 e. The summed E-state index contributed by atoms with van der Waals surface area (Å²) in [6.07, 6.45) is 1.32. The number of amides is 3. The van der Waals surface area contributed by atoms with E-state index in [0.29, 0.717) is 34.4 Å². The van der Waals surface area contributed by atoms with Crippen LogP contribution < -0.4 is 25.5 Å². The van der Waals surface area contributed by atoms with E-state index in [1.807, 2.05) is 0 Å². The van der Waals surface area contributed by atoms with Crippen LogP contribution in [0.5, 0.6) is 11.5 Å². The molecule has 0 spiro atoms. The first-order valence-corrected chi connectivity index (χ1v) is 12.0. The molecule has 0 aliphatic heterocycles. The van der Waals surface area contributed by atoms with Gasteiger partial charge in [0, 0.05) is 23.6 Å². The second-order valence-electron chi connectivity index (χ2n) is 7.81. The first-order chi connectivity index (χ1) is 18.3. The first kappa shape index (κ1) is 28.1. The van der Waals surface area contributed by atoms with Crippen LogP contribution in [-0.2, 0) is 14.4 Å². The monoisotopic (exact) mass is 540 g/mol. The Morgan fingerprint density at radius 3 is 2.45 bits per heavy atom. The van der Waals surface area contributed by atoms with E-state index >= 15 is 0 Å². The Kier molecular flexibility index (Phi) is 10.6. The predicted octanol–water partition coefficient (Wildman–Crippen LogP) is 4.76. The second-order valence-corrected chi connectivity index (χ2v) is 8.24. The summed E-state index contributed by atoms with van der Waals surface area (Å²) < 4.78 is 24.8. The number of para-hydroxylation sites is 1. The van der Waals surface area contributed by atoms with Gasteiger partial charge in [0.15, 0.2) is 18.1 Å². The zero-order valence-electron chi connectivity index (χ0n) is 20.5. The van der Waals surface area contributed by atoms with Gasteiger partial charge in [-0.05, 0) is 61.0 Å². The Hall–Kier alpha value is -4.44. The number of hydrogen-bond donors (Lipinski definition) is 3. The molecule has 0 saturated heterocycles. The highest BCUT2D eigenvalue weighted by Crippen LogP contribution is 2.28. The lowest BCUT2D eigenvalue weighted by atomic mass is 10.2. The number of hydrogen-bond acceptors (Lipinski definition) is 6. The molecule has 0 heterocycles. The van der Waals surface area contributed by atoms with Crippen LogP contribution in [0.2, 0.25) is 5.02 Å². The third-order valence-corrected chi connectivity index (χ3v) is 5.10. The van der Waals surface area contributed by atoms with Crippen molar-refractivity contribution in [1.82, 2.24) is 5.43 Å². The summed E-state index contributed by atoms with van der Waals surface area (Å²) >= 11 is 5.89. The quantitative estimate of drug-likeness (QED) is 0.226. The lowest BCUT2D eigenvalue weighted by Crippen LogP contribution is -2.21. The molecule has 0 unspecified atom stereocenters. The number of benzene rings is 3. The maximum atomic E-state index is 13.7. The molecule has 11 heteroatoms. The molecular formula is C27H26ClFN4O5. The van der Waals surface area contributed by atoms with Crippen LogP contribution in [0.3, 0.4) is 0 Å². The molecule has 3 N–H and O–H groups in total. The van der Waals surface area contributed by atoms with Gasteiger partial charge >= 0.3 is 0 Å². The maximum absolute atomic E-state index is 13.7. The molecule has 3 amide bonds. The Balaban J connectivity index is 1.48. The van der Waals surface area contributed by atoms with Gasteiger partial charge in [-0.2, -0.15) is 5.10 Å². The predicted molar refractivity (Wildman–Crippen MR) is 143 cm³/mol. The number of carbonyl (C=O) groups is 3. The lowest BCUT2D eigenvalue weighted by Gasteiger charge is -2.13. The largest absolute Gasteiger partial charge is 0.490 e. The molecule has 198 valence electrons. The number of rotatable bonds is 12. The molecule has 0 bridgehead atoms. The van der Waals surface area contributed by atoms with Crippen molar-refractivity contribution in [2.45, 2.75) is 19.8 Å². The van der Waals surface area contributed by atoms with Gasteiger partial charge in [0.2, 0.25) is 11.8 Å². The topological polar surface area (TPSA) is 118 Å². The van der Waals surface area contributed by atoms with E-state index in [1.165, 1.54) is 24.4 Å². The highest BCUT2D eigenvalue weighted by molar-refractivity contribution is 6.30. The maximum Gasteiger partial charge on any atom is 0.262 e. The summed E-state index contributed by atoms with van der Waals surface area (Å²) in [5.74, 6) is -1.18. The van der Waals surface area contributed by atoms with Gasteiger partial charge in [-0.3, -0.25) is 14.4 Å². The molecular weight excluding hydrogens is 515 g/mol. The zero-order valence-corrected chi connectivity index (χ0v) is 21.3. The number of carbonyl (C=O) groups excluding carboxylic acids is 3. The fraction of sp³-hybridized carbons (Fsp3) is 0.185. The van der Waals surface area contributed by atoms with Crippen molar-refractivity contribution in [3.8, 4) is 11.5 Å². The Bertz CT molecular complexity index is 1320. The van der Waals surface area contributed by atoms with Crippen molar-refractivity contribution in [1.29, 1.82) is 0 Å². The van der Waals surface area contributed by atoms with Crippen LogP contribution in [0, 0.1) is 5.82 Å². The molecule has 0 aliphatic carbocycles. The average Bonchev–Trinajstić information content (AvgIpc) is 2.88. The molecule has 0 aliphatic rings. The molecule has 3 aromatic carbocycles. The molecule has 0 saturated carbocycles. The highest BCUT2D eigenvalue weighted by atomic mass is 35.5. The lowest BCUT2D eigenvalue weighted by molar-refractivity contribution is -0.124. The third kappa shape index (κ3) is 9.21. The van der Waals surface area contributed by atoms with E-state index in [9.17, 15) is 18.8 Å². The van der Waals surface area contributed by atoms with Crippen LogP contribution in [0.15, 0.2) is 71.8 Å². The minimum Gasteiger partial charge on any atom is -0.490 e. The minimum atomic E-state index is -0.549. The van der Waals surface area contributed by atoms with E-state index in [0.717, 1.165) is 0 Å². The van der Waals surface area contributed by atoms with Crippen LogP contribution >= 0.6 is 11.6 Å². The van der Waals surface area contributed by atoms with Crippen LogP contribution in [0.25, 0.3) is 0 Å². The Morgan fingerprint density at radius 1 is 0.895 bits per heavy atom. The molecule has 9 nitrogen and oxygen atoms in total. The number of halogens is 2. The number of nitrogens with zero attached hydrogens (tertiary/aromatic N) is 1. The Morgan fingerprint density at radius 2 is 1.68 bits per heavy atom. The minimum absolute atomic E-state index is 0.0289. The van der Waals surface area contributed by atoms with E-state index in [2.05, 4.69) is 21.2 Å². The highest BCUT2D eigenvalue weighted by Gasteiger charge is 2.11. The molecule has 3 aromatic rings. The third-order valence-electron chi connectivity index (χ3n) is 4.86. The molecule has 3 rings (SSSR count). The first-order valence-electron chi connectivity index (χ1n) is 11.7. The van der Waals surface area contributed by atoms with E-state index in [-0.39, 0.29) is 31.0 Å². The number of hydrazone groups is 1. The van der Waals surface area contributed by atoms with Crippen molar-refractivity contribution < 1.29 is 28.2 Å². The van der Waals surface area contributed by atoms with E-state index < -0.39 is 17.6 Å². The SMILES string of the molecule is CCOc1cc(C=NNC(=O)CCC(=O)Nc2cccc(Cl)c2)ccc1OCC(=O)Nc1ccccc1F. The normalized spacial score (nSPS) is 10.6. The fourth-order valence-corrected chi connectivity index (χ4v) is 3.33. The van der Waals surface area contributed by atoms with Gasteiger partial charge in [-0.15, -0.1) is 0 Å². The van der Waals surface area contributed by atoms with Crippen LogP contribution in [0.4, 0.5) is 15.8 Å². The molecule has 0 fully saturated rings. The fourth-order valence-electron chi connectivity index (χ4n) is 3.14. The summed E-state index contributed by atoms with van der Waals surface area (Å²) in [7, 11) is 0. The summed E-state index contributed by atoms with van der Waals surface area (Å²) in [4.78, 5) is 36.2. The van der Waals surface area contributed by atoms with Crippen molar-refractivity contribution in [2.24, 2.45) is 5.10 Å². The van der Waals surface area contributed by atoms with E-state index in [1.54, 1.807) is 55.5 Å². The summed E-state index contributed by atoms with van der Waals surface area (Å²) in [6, 6.07) is 17.4. The van der Waals surface area contributed by atoms with Crippen LogP contribution in [-0.4, -0.2) is 37.1 Å². The average molecular weight is 541 g/mol. The molecule has 0 aromatic heterocycles. The van der Waals surface area contributed by atoms with Crippen LogP contribution in [0.1, 0.15) is 25.3 Å². The van der Waals surface area contributed by atoms with Crippen molar-refractivity contribution in [3.05, 3.63) is 83.1 Å². The van der Waals surface area contributed by atoms with E-state index in [4.69, 9.17) is 21.1 Å².